The Morgan fingerprint density at radius 1 is 1.17 bits per heavy atom. The van der Waals surface area contributed by atoms with Crippen LogP contribution in [0.1, 0.15) is 39.4 Å². The van der Waals surface area contributed by atoms with Crippen LogP contribution in [-0.4, -0.2) is 18.2 Å². The SMILES string of the molecule is CC(CNCC(O)c1ccc(F)cc1)C(C)(C)C. The first kappa shape index (κ1) is 15.1. The van der Waals surface area contributed by atoms with Crippen molar-refractivity contribution in [3.63, 3.8) is 0 Å². The van der Waals surface area contributed by atoms with Crippen LogP contribution < -0.4 is 5.32 Å². The summed E-state index contributed by atoms with van der Waals surface area (Å²) in [5, 5.41) is 13.2. The smallest absolute Gasteiger partial charge is 0.123 e. The van der Waals surface area contributed by atoms with E-state index < -0.39 is 6.10 Å². The first-order valence-corrected chi connectivity index (χ1v) is 6.45. The van der Waals surface area contributed by atoms with Crippen molar-refractivity contribution in [2.45, 2.75) is 33.8 Å². The van der Waals surface area contributed by atoms with E-state index in [2.05, 4.69) is 33.0 Å². The molecule has 2 unspecified atom stereocenters. The largest absolute Gasteiger partial charge is 0.387 e. The van der Waals surface area contributed by atoms with Gasteiger partial charge in [-0.05, 0) is 35.6 Å². The van der Waals surface area contributed by atoms with E-state index >= 15 is 0 Å². The Bertz CT molecular complexity index is 356. The maximum atomic E-state index is 12.7. The predicted octanol–water partition coefficient (Wildman–Crippen LogP) is 3.13. The fraction of sp³-hybridized carbons (Fsp3) is 0.600. The quantitative estimate of drug-likeness (QED) is 0.845. The molecule has 2 N–H and O–H groups in total. The maximum Gasteiger partial charge on any atom is 0.123 e. The first-order chi connectivity index (χ1) is 8.30. The van der Waals surface area contributed by atoms with E-state index in [4.69, 9.17) is 0 Å². The van der Waals surface area contributed by atoms with E-state index in [1.807, 2.05) is 0 Å². The Balaban J connectivity index is 2.38. The van der Waals surface area contributed by atoms with Gasteiger partial charge in [0.15, 0.2) is 0 Å². The van der Waals surface area contributed by atoms with Gasteiger partial charge < -0.3 is 10.4 Å². The van der Waals surface area contributed by atoms with E-state index in [0.29, 0.717) is 12.5 Å². The second kappa shape index (κ2) is 6.30. The number of hydrogen-bond donors (Lipinski definition) is 2. The van der Waals surface area contributed by atoms with Gasteiger partial charge in [-0.1, -0.05) is 39.8 Å². The molecule has 1 aromatic rings. The molecule has 102 valence electrons. The minimum atomic E-state index is -0.585. The van der Waals surface area contributed by atoms with Gasteiger partial charge in [-0.2, -0.15) is 0 Å². The van der Waals surface area contributed by atoms with Crippen LogP contribution >= 0.6 is 0 Å². The Labute approximate surface area is 109 Å². The fourth-order valence-corrected chi connectivity index (χ4v) is 1.55. The third-order valence-corrected chi connectivity index (χ3v) is 3.52. The van der Waals surface area contributed by atoms with Crippen molar-refractivity contribution in [2.24, 2.45) is 11.3 Å². The molecule has 2 nitrogen and oxygen atoms in total. The molecular formula is C15H24FNO. The number of nitrogens with one attached hydrogen (secondary N) is 1. The highest BCUT2D eigenvalue weighted by Crippen LogP contribution is 2.24. The molecule has 0 fully saturated rings. The molecule has 2 atom stereocenters. The summed E-state index contributed by atoms with van der Waals surface area (Å²) in [6.07, 6.45) is -0.585. The molecule has 0 aliphatic heterocycles. The zero-order valence-electron chi connectivity index (χ0n) is 11.7. The molecule has 18 heavy (non-hydrogen) atoms. The molecule has 0 radical (unpaired) electrons. The number of halogens is 1. The molecule has 0 saturated carbocycles. The zero-order valence-corrected chi connectivity index (χ0v) is 11.7. The van der Waals surface area contributed by atoms with Crippen LogP contribution in [0.15, 0.2) is 24.3 Å². The summed E-state index contributed by atoms with van der Waals surface area (Å²) in [5.74, 6) is 0.248. The molecule has 0 aliphatic rings. The van der Waals surface area contributed by atoms with Gasteiger partial charge in [0, 0.05) is 6.54 Å². The van der Waals surface area contributed by atoms with E-state index in [-0.39, 0.29) is 11.2 Å². The van der Waals surface area contributed by atoms with Crippen LogP contribution in [0.25, 0.3) is 0 Å². The van der Waals surface area contributed by atoms with Crippen molar-refractivity contribution in [2.75, 3.05) is 13.1 Å². The highest BCUT2D eigenvalue weighted by Gasteiger charge is 2.19. The first-order valence-electron chi connectivity index (χ1n) is 6.45. The van der Waals surface area contributed by atoms with Gasteiger partial charge in [0.2, 0.25) is 0 Å². The van der Waals surface area contributed by atoms with Crippen molar-refractivity contribution in [1.82, 2.24) is 5.32 Å². The van der Waals surface area contributed by atoms with Crippen molar-refractivity contribution in [3.8, 4) is 0 Å². The summed E-state index contributed by atoms with van der Waals surface area (Å²) in [4.78, 5) is 0. The van der Waals surface area contributed by atoms with Gasteiger partial charge in [0.25, 0.3) is 0 Å². The third-order valence-electron chi connectivity index (χ3n) is 3.52. The summed E-state index contributed by atoms with van der Waals surface area (Å²) >= 11 is 0. The molecule has 0 amide bonds. The summed E-state index contributed by atoms with van der Waals surface area (Å²) in [5.41, 5.74) is 1.00. The van der Waals surface area contributed by atoms with Gasteiger partial charge in [0.05, 0.1) is 6.10 Å². The van der Waals surface area contributed by atoms with Crippen molar-refractivity contribution in [3.05, 3.63) is 35.6 Å². The van der Waals surface area contributed by atoms with Crippen LogP contribution in [0.4, 0.5) is 4.39 Å². The standard InChI is InChI=1S/C15H24FNO/c1-11(15(2,3)4)9-17-10-14(18)12-5-7-13(16)8-6-12/h5-8,11,14,17-18H,9-10H2,1-4H3. The highest BCUT2D eigenvalue weighted by atomic mass is 19.1. The van der Waals surface area contributed by atoms with Crippen LogP contribution in [-0.2, 0) is 0 Å². The number of aliphatic hydroxyl groups excluding tert-OH is 1. The van der Waals surface area contributed by atoms with Gasteiger partial charge in [-0.25, -0.2) is 4.39 Å². The van der Waals surface area contributed by atoms with Gasteiger partial charge >= 0.3 is 0 Å². The Kier molecular flexibility index (Phi) is 5.29. The Morgan fingerprint density at radius 2 is 1.72 bits per heavy atom. The summed E-state index contributed by atoms with van der Waals surface area (Å²) in [7, 11) is 0. The second-order valence-electron chi connectivity index (χ2n) is 5.99. The normalized spacial score (nSPS) is 15.4. The van der Waals surface area contributed by atoms with Gasteiger partial charge in [-0.15, -0.1) is 0 Å². The summed E-state index contributed by atoms with van der Waals surface area (Å²) < 4.78 is 12.7. The monoisotopic (exact) mass is 253 g/mol. The van der Waals surface area contributed by atoms with Crippen LogP contribution in [0.2, 0.25) is 0 Å². The fourth-order valence-electron chi connectivity index (χ4n) is 1.55. The second-order valence-corrected chi connectivity index (χ2v) is 5.99. The molecule has 0 aliphatic carbocycles. The van der Waals surface area contributed by atoms with Crippen LogP contribution in [0.5, 0.6) is 0 Å². The molecule has 0 saturated heterocycles. The summed E-state index contributed by atoms with van der Waals surface area (Å²) in [6.45, 7) is 10.2. The topological polar surface area (TPSA) is 32.3 Å². The van der Waals surface area contributed by atoms with Gasteiger partial charge in [-0.3, -0.25) is 0 Å². The minimum Gasteiger partial charge on any atom is -0.387 e. The lowest BCUT2D eigenvalue weighted by Crippen LogP contribution is -2.32. The lowest BCUT2D eigenvalue weighted by atomic mass is 9.82. The maximum absolute atomic E-state index is 12.7. The zero-order chi connectivity index (χ0) is 13.8. The van der Waals surface area contributed by atoms with E-state index in [9.17, 15) is 9.50 Å². The molecular weight excluding hydrogens is 229 g/mol. The van der Waals surface area contributed by atoms with E-state index in [1.54, 1.807) is 12.1 Å². The average Bonchev–Trinajstić information content (AvgIpc) is 2.28. The third kappa shape index (κ3) is 4.75. The molecule has 0 bridgehead atoms. The van der Waals surface area contributed by atoms with Gasteiger partial charge in [0.1, 0.15) is 5.82 Å². The lowest BCUT2D eigenvalue weighted by molar-refractivity contribution is 0.166. The Hall–Kier alpha value is -0.930. The molecule has 1 aromatic carbocycles. The predicted molar refractivity (Wildman–Crippen MR) is 72.8 cm³/mol. The van der Waals surface area contributed by atoms with Crippen molar-refractivity contribution >= 4 is 0 Å². The van der Waals surface area contributed by atoms with Crippen molar-refractivity contribution in [1.29, 1.82) is 0 Å². The number of benzene rings is 1. The summed E-state index contributed by atoms with van der Waals surface area (Å²) in [6, 6.07) is 5.98. The molecule has 0 aromatic heterocycles. The molecule has 0 spiro atoms. The number of rotatable bonds is 5. The molecule has 1 rings (SSSR count). The van der Waals surface area contributed by atoms with E-state index in [1.165, 1.54) is 12.1 Å². The molecule has 3 heteroatoms. The van der Waals surface area contributed by atoms with E-state index in [0.717, 1.165) is 12.1 Å². The highest BCUT2D eigenvalue weighted by molar-refractivity contribution is 5.18. The number of hydrogen-bond acceptors (Lipinski definition) is 2. The average molecular weight is 253 g/mol. The number of aliphatic hydroxyl groups is 1. The van der Waals surface area contributed by atoms with Crippen LogP contribution in [0, 0.1) is 17.2 Å². The van der Waals surface area contributed by atoms with Crippen LogP contribution in [0.3, 0.4) is 0 Å². The Morgan fingerprint density at radius 3 is 2.22 bits per heavy atom. The lowest BCUT2D eigenvalue weighted by Gasteiger charge is -2.27. The minimum absolute atomic E-state index is 0.258. The van der Waals surface area contributed by atoms with Crippen molar-refractivity contribution < 1.29 is 9.50 Å². The molecule has 0 heterocycles.